The van der Waals surface area contributed by atoms with Gasteiger partial charge in [-0.1, -0.05) is 25.7 Å². The summed E-state index contributed by atoms with van der Waals surface area (Å²) in [6.07, 6.45) is 3.79. The largest absolute Gasteiger partial charge is 0.480 e. The van der Waals surface area contributed by atoms with Crippen LogP contribution < -0.4 is 5.32 Å². The minimum absolute atomic E-state index is 0.244. The molecule has 1 aliphatic carbocycles. The van der Waals surface area contributed by atoms with Crippen molar-refractivity contribution in [3.05, 3.63) is 0 Å². The van der Waals surface area contributed by atoms with Gasteiger partial charge in [-0.3, -0.25) is 0 Å². The predicted octanol–water partition coefficient (Wildman–Crippen LogP) is 2.30. The number of carboxylic acid groups (broad SMARTS) is 1. The lowest BCUT2D eigenvalue weighted by molar-refractivity contribution is -0.145. The van der Waals surface area contributed by atoms with Crippen LogP contribution in [0.4, 0.5) is 4.79 Å². The minimum Gasteiger partial charge on any atom is -0.480 e. The fourth-order valence-electron chi connectivity index (χ4n) is 2.16. The smallest absolute Gasteiger partial charge is 0.408 e. The van der Waals surface area contributed by atoms with Gasteiger partial charge in [0.1, 0.15) is 5.54 Å². The predicted molar refractivity (Wildman–Crippen MR) is 62.8 cm³/mol. The molecule has 0 aromatic carbocycles. The van der Waals surface area contributed by atoms with Crippen molar-refractivity contribution in [2.75, 3.05) is 0 Å². The van der Waals surface area contributed by atoms with Crippen LogP contribution in [0.25, 0.3) is 0 Å². The van der Waals surface area contributed by atoms with E-state index in [2.05, 4.69) is 5.32 Å². The Labute approximate surface area is 102 Å². The third-order valence-corrected chi connectivity index (χ3v) is 3.05. The second-order valence-electron chi connectivity index (χ2n) is 4.88. The summed E-state index contributed by atoms with van der Waals surface area (Å²) in [6.45, 7) is 3.47. The quantitative estimate of drug-likeness (QED) is 0.746. The van der Waals surface area contributed by atoms with E-state index in [4.69, 9.17) is 4.74 Å². The van der Waals surface area contributed by atoms with Crippen LogP contribution in [0.5, 0.6) is 0 Å². The van der Waals surface area contributed by atoms with Crippen molar-refractivity contribution in [3.8, 4) is 0 Å². The number of carbonyl (C=O) groups is 2. The van der Waals surface area contributed by atoms with Gasteiger partial charge in [-0.15, -0.1) is 0 Å². The molecular weight excluding hydrogens is 222 g/mol. The normalized spacial score (nSPS) is 19.5. The lowest BCUT2D eigenvalue weighted by Gasteiger charge is -2.29. The number of hydrogen-bond donors (Lipinski definition) is 2. The highest BCUT2D eigenvalue weighted by Crippen LogP contribution is 2.27. The Morgan fingerprint density at radius 2 is 1.71 bits per heavy atom. The van der Waals surface area contributed by atoms with Gasteiger partial charge in [-0.25, -0.2) is 9.59 Å². The van der Waals surface area contributed by atoms with Gasteiger partial charge >= 0.3 is 12.1 Å². The zero-order valence-electron chi connectivity index (χ0n) is 10.5. The Morgan fingerprint density at radius 1 is 1.18 bits per heavy atom. The van der Waals surface area contributed by atoms with Crippen molar-refractivity contribution in [1.29, 1.82) is 0 Å². The van der Waals surface area contributed by atoms with Crippen LogP contribution in [-0.2, 0) is 9.53 Å². The number of nitrogens with one attached hydrogen (secondary N) is 1. The average Bonchev–Trinajstić information content (AvgIpc) is 2.42. The van der Waals surface area contributed by atoms with E-state index in [0.717, 1.165) is 25.7 Å². The van der Waals surface area contributed by atoms with Gasteiger partial charge in [0.05, 0.1) is 6.10 Å². The lowest BCUT2D eigenvalue weighted by Crippen LogP contribution is -2.54. The van der Waals surface area contributed by atoms with Crippen LogP contribution in [-0.4, -0.2) is 28.8 Å². The molecule has 5 heteroatoms. The van der Waals surface area contributed by atoms with Gasteiger partial charge in [0, 0.05) is 0 Å². The van der Waals surface area contributed by atoms with Gasteiger partial charge in [0.2, 0.25) is 0 Å². The molecule has 98 valence electrons. The third kappa shape index (κ3) is 3.91. The first kappa shape index (κ1) is 13.8. The molecule has 0 aromatic rings. The highest BCUT2D eigenvalue weighted by molar-refractivity contribution is 5.84. The molecule has 0 aliphatic heterocycles. The Hall–Kier alpha value is -1.26. The Balaban J connectivity index is 2.70. The van der Waals surface area contributed by atoms with E-state index >= 15 is 0 Å². The van der Waals surface area contributed by atoms with Gasteiger partial charge in [0.25, 0.3) is 0 Å². The molecular formula is C12H21NO4. The number of amides is 1. The number of ether oxygens (including phenoxy) is 1. The van der Waals surface area contributed by atoms with E-state index in [1.807, 2.05) is 0 Å². The summed E-state index contributed by atoms with van der Waals surface area (Å²) in [4.78, 5) is 22.9. The molecule has 5 nitrogen and oxygen atoms in total. The molecule has 1 aliphatic rings. The molecule has 1 saturated carbocycles. The molecule has 0 heterocycles. The van der Waals surface area contributed by atoms with E-state index in [9.17, 15) is 14.7 Å². The van der Waals surface area contributed by atoms with Crippen LogP contribution >= 0.6 is 0 Å². The van der Waals surface area contributed by atoms with Gasteiger partial charge in [-0.05, 0) is 26.7 Å². The van der Waals surface area contributed by atoms with Crippen LogP contribution in [0.15, 0.2) is 0 Å². The van der Waals surface area contributed by atoms with E-state index in [1.54, 1.807) is 13.8 Å². The highest BCUT2D eigenvalue weighted by atomic mass is 16.6. The van der Waals surface area contributed by atoms with Crippen molar-refractivity contribution >= 4 is 12.1 Å². The Morgan fingerprint density at radius 3 is 2.12 bits per heavy atom. The fourth-order valence-corrected chi connectivity index (χ4v) is 2.16. The third-order valence-electron chi connectivity index (χ3n) is 3.05. The second-order valence-corrected chi connectivity index (χ2v) is 4.88. The maximum Gasteiger partial charge on any atom is 0.408 e. The average molecular weight is 243 g/mol. The van der Waals surface area contributed by atoms with Crippen LogP contribution in [0.2, 0.25) is 0 Å². The van der Waals surface area contributed by atoms with E-state index in [0.29, 0.717) is 12.8 Å². The lowest BCUT2D eigenvalue weighted by atomic mass is 9.90. The number of alkyl carbamates (subject to hydrolysis) is 1. The number of carbonyl (C=O) groups excluding carboxylic acids is 1. The summed E-state index contributed by atoms with van der Waals surface area (Å²) in [5, 5.41) is 11.9. The van der Waals surface area contributed by atoms with Crippen molar-refractivity contribution in [1.82, 2.24) is 5.32 Å². The minimum atomic E-state index is -1.14. The van der Waals surface area contributed by atoms with Gasteiger partial charge < -0.3 is 15.2 Å². The van der Waals surface area contributed by atoms with Crippen molar-refractivity contribution in [2.24, 2.45) is 0 Å². The van der Waals surface area contributed by atoms with Crippen molar-refractivity contribution < 1.29 is 19.4 Å². The molecule has 0 aromatic heterocycles. The SMILES string of the molecule is CC(C)OC(=O)NC1(C(=O)O)CCCCCC1. The molecule has 1 amide bonds. The van der Waals surface area contributed by atoms with E-state index in [-0.39, 0.29) is 6.10 Å². The number of carboxylic acids is 1. The molecule has 0 bridgehead atoms. The summed E-state index contributed by atoms with van der Waals surface area (Å²) in [7, 11) is 0. The Kier molecular flexibility index (Phi) is 4.78. The summed E-state index contributed by atoms with van der Waals surface area (Å²) in [5.74, 6) is -0.958. The topological polar surface area (TPSA) is 75.6 Å². The summed E-state index contributed by atoms with van der Waals surface area (Å²) >= 11 is 0. The summed E-state index contributed by atoms with van der Waals surface area (Å²) < 4.78 is 4.96. The van der Waals surface area contributed by atoms with Crippen LogP contribution in [0.1, 0.15) is 52.4 Å². The van der Waals surface area contributed by atoms with E-state index in [1.165, 1.54) is 0 Å². The van der Waals surface area contributed by atoms with Gasteiger partial charge in [-0.2, -0.15) is 0 Å². The molecule has 0 radical (unpaired) electrons. The van der Waals surface area contributed by atoms with E-state index < -0.39 is 17.6 Å². The number of rotatable bonds is 3. The van der Waals surface area contributed by atoms with Crippen molar-refractivity contribution in [2.45, 2.75) is 64.0 Å². The first-order valence-electron chi connectivity index (χ1n) is 6.18. The second kappa shape index (κ2) is 5.89. The van der Waals surface area contributed by atoms with Crippen molar-refractivity contribution in [3.63, 3.8) is 0 Å². The molecule has 1 rings (SSSR count). The highest BCUT2D eigenvalue weighted by Gasteiger charge is 2.40. The summed E-state index contributed by atoms with van der Waals surface area (Å²) in [5.41, 5.74) is -1.14. The monoisotopic (exact) mass is 243 g/mol. The molecule has 0 unspecified atom stereocenters. The zero-order chi connectivity index (χ0) is 12.9. The molecule has 0 saturated heterocycles. The number of hydrogen-bond acceptors (Lipinski definition) is 3. The molecule has 0 spiro atoms. The standard InChI is InChI=1S/C12H21NO4/c1-9(2)17-11(16)13-12(10(14)15)7-5-3-4-6-8-12/h9H,3-8H2,1-2H3,(H,13,16)(H,14,15). The molecule has 2 N–H and O–H groups in total. The summed E-state index contributed by atoms with van der Waals surface area (Å²) in [6, 6.07) is 0. The molecule has 17 heavy (non-hydrogen) atoms. The Bertz CT molecular complexity index is 280. The molecule has 0 atom stereocenters. The maximum atomic E-state index is 11.5. The molecule has 1 fully saturated rings. The first-order chi connectivity index (χ1) is 7.96. The zero-order valence-corrected chi connectivity index (χ0v) is 10.5. The van der Waals surface area contributed by atoms with Crippen LogP contribution in [0, 0.1) is 0 Å². The first-order valence-corrected chi connectivity index (χ1v) is 6.18. The maximum absolute atomic E-state index is 11.5. The number of aliphatic carboxylic acids is 1. The van der Waals surface area contributed by atoms with Gasteiger partial charge in [0.15, 0.2) is 0 Å². The fraction of sp³-hybridized carbons (Fsp3) is 0.833. The van der Waals surface area contributed by atoms with Crippen LogP contribution in [0.3, 0.4) is 0 Å².